The molecule has 0 atom stereocenters. The zero-order valence-electron chi connectivity index (χ0n) is 20.3. The lowest BCUT2D eigenvalue weighted by atomic mass is 10.1. The molecule has 0 saturated carbocycles. The first-order chi connectivity index (χ1) is 17.6. The van der Waals surface area contributed by atoms with Gasteiger partial charge in [-0.05, 0) is 47.9 Å². The number of hydrogen-bond acceptors (Lipinski definition) is 5. The summed E-state index contributed by atoms with van der Waals surface area (Å²) in [6.07, 6.45) is 0.248. The predicted octanol–water partition coefficient (Wildman–Crippen LogP) is 5.10. The molecule has 0 spiro atoms. The van der Waals surface area contributed by atoms with Gasteiger partial charge in [-0.2, -0.15) is 0 Å². The standard InChI is InChI=1S/C29H30N2O5/c1-2-34-14-15-35-20-23-7-5-6-22(16-23)19-30-28(32)17-21-10-12-25(13-11-21)31-29(33)27-18-24-8-3-4-9-26(24)36-27/h3-13,16,18H,2,14-15,17,19-20H2,1H3,(H,30,32)(H,31,33). The van der Waals surface area contributed by atoms with Crippen LogP contribution in [0.3, 0.4) is 0 Å². The third-order valence-corrected chi connectivity index (χ3v) is 5.55. The fourth-order valence-corrected chi connectivity index (χ4v) is 3.72. The first-order valence-electron chi connectivity index (χ1n) is 12.0. The van der Waals surface area contributed by atoms with Crippen LogP contribution in [-0.2, 0) is 33.8 Å². The van der Waals surface area contributed by atoms with Crippen molar-refractivity contribution in [1.82, 2.24) is 5.32 Å². The topological polar surface area (TPSA) is 89.8 Å². The summed E-state index contributed by atoms with van der Waals surface area (Å²) in [4.78, 5) is 25.0. The number of fused-ring (bicyclic) bond motifs is 1. The molecule has 0 fully saturated rings. The van der Waals surface area contributed by atoms with Crippen LogP contribution >= 0.6 is 0 Å². The summed E-state index contributed by atoms with van der Waals surface area (Å²) in [6.45, 7) is 4.73. The normalized spacial score (nSPS) is 10.9. The van der Waals surface area contributed by atoms with Gasteiger partial charge in [-0.25, -0.2) is 0 Å². The molecule has 0 radical (unpaired) electrons. The van der Waals surface area contributed by atoms with Crippen molar-refractivity contribution in [3.8, 4) is 0 Å². The summed E-state index contributed by atoms with van der Waals surface area (Å²) in [5, 5.41) is 6.66. The lowest BCUT2D eigenvalue weighted by molar-refractivity contribution is -0.120. The highest BCUT2D eigenvalue weighted by Gasteiger charge is 2.12. The van der Waals surface area contributed by atoms with Crippen LogP contribution in [0.2, 0.25) is 0 Å². The number of hydrogen-bond donors (Lipinski definition) is 2. The minimum atomic E-state index is -0.321. The van der Waals surface area contributed by atoms with E-state index in [1.807, 2.05) is 67.6 Å². The van der Waals surface area contributed by atoms with Gasteiger partial charge < -0.3 is 24.5 Å². The van der Waals surface area contributed by atoms with Crippen molar-refractivity contribution < 1.29 is 23.5 Å². The molecule has 186 valence electrons. The van der Waals surface area contributed by atoms with Crippen LogP contribution < -0.4 is 10.6 Å². The van der Waals surface area contributed by atoms with E-state index in [0.717, 1.165) is 22.1 Å². The second-order valence-corrected chi connectivity index (χ2v) is 8.32. The van der Waals surface area contributed by atoms with E-state index >= 15 is 0 Å². The lowest BCUT2D eigenvalue weighted by Gasteiger charge is -2.09. The molecule has 0 aliphatic rings. The van der Waals surface area contributed by atoms with Gasteiger partial charge in [0, 0.05) is 24.2 Å². The van der Waals surface area contributed by atoms with Gasteiger partial charge in [0.05, 0.1) is 26.2 Å². The van der Waals surface area contributed by atoms with Gasteiger partial charge in [0.2, 0.25) is 5.91 Å². The zero-order valence-corrected chi connectivity index (χ0v) is 20.3. The minimum absolute atomic E-state index is 0.0765. The molecule has 3 aromatic carbocycles. The Labute approximate surface area is 210 Å². The highest BCUT2D eigenvalue weighted by molar-refractivity contribution is 6.04. The molecule has 7 heteroatoms. The van der Waals surface area contributed by atoms with Crippen LogP contribution in [0.25, 0.3) is 11.0 Å². The second-order valence-electron chi connectivity index (χ2n) is 8.32. The van der Waals surface area contributed by atoms with Gasteiger partial charge in [-0.3, -0.25) is 9.59 Å². The molecule has 4 aromatic rings. The van der Waals surface area contributed by atoms with Crippen LogP contribution in [0, 0.1) is 0 Å². The maximum absolute atomic E-state index is 12.5. The minimum Gasteiger partial charge on any atom is -0.451 e. The number of nitrogens with one attached hydrogen (secondary N) is 2. The average Bonchev–Trinajstić information content (AvgIpc) is 3.34. The SMILES string of the molecule is CCOCCOCc1cccc(CNC(=O)Cc2ccc(NC(=O)c3cc4ccccc4o3)cc2)c1. The van der Waals surface area contributed by atoms with Crippen molar-refractivity contribution in [1.29, 1.82) is 0 Å². The van der Waals surface area contributed by atoms with Crippen LogP contribution in [0.5, 0.6) is 0 Å². The maximum Gasteiger partial charge on any atom is 0.291 e. The van der Waals surface area contributed by atoms with Gasteiger partial charge in [0.15, 0.2) is 5.76 Å². The Morgan fingerprint density at radius 3 is 2.42 bits per heavy atom. The summed E-state index contributed by atoms with van der Waals surface area (Å²) in [6, 6.07) is 24.4. The zero-order chi connectivity index (χ0) is 25.2. The van der Waals surface area contributed by atoms with Crippen molar-refractivity contribution in [3.05, 3.63) is 101 Å². The maximum atomic E-state index is 12.5. The van der Waals surface area contributed by atoms with Crippen LogP contribution in [-0.4, -0.2) is 31.6 Å². The number of carbonyl (C=O) groups excluding carboxylic acids is 2. The molecular weight excluding hydrogens is 456 g/mol. The second kappa shape index (κ2) is 12.7. The van der Waals surface area contributed by atoms with Crippen LogP contribution in [0.4, 0.5) is 5.69 Å². The van der Waals surface area contributed by atoms with Gasteiger partial charge in [-0.1, -0.05) is 54.6 Å². The Morgan fingerprint density at radius 2 is 1.61 bits per heavy atom. The summed E-state index contributed by atoms with van der Waals surface area (Å²) in [5.74, 6) is -0.146. The molecule has 0 bridgehead atoms. The Hall–Kier alpha value is -3.94. The van der Waals surface area contributed by atoms with Gasteiger partial charge >= 0.3 is 0 Å². The molecule has 2 N–H and O–H groups in total. The fraction of sp³-hybridized carbons (Fsp3) is 0.241. The van der Waals surface area contributed by atoms with Crippen molar-refractivity contribution in [3.63, 3.8) is 0 Å². The molecule has 0 unspecified atom stereocenters. The molecule has 2 amide bonds. The Balaban J connectivity index is 1.23. The quantitative estimate of drug-likeness (QED) is 0.272. The van der Waals surface area contributed by atoms with Crippen molar-refractivity contribution in [2.24, 2.45) is 0 Å². The first kappa shape index (κ1) is 25.2. The number of amides is 2. The summed E-state index contributed by atoms with van der Waals surface area (Å²) < 4.78 is 16.5. The van der Waals surface area contributed by atoms with E-state index < -0.39 is 0 Å². The van der Waals surface area contributed by atoms with E-state index in [2.05, 4.69) is 10.6 Å². The van der Waals surface area contributed by atoms with E-state index in [1.165, 1.54) is 0 Å². The van der Waals surface area contributed by atoms with Crippen molar-refractivity contribution >= 4 is 28.5 Å². The predicted molar refractivity (Wildman–Crippen MR) is 139 cm³/mol. The van der Waals surface area contributed by atoms with E-state index in [0.29, 0.717) is 44.2 Å². The van der Waals surface area contributed by atoms with Gasteiger partial charge in [-0.15, -0.1) is 0 Å². The Morgan fingerprint density at radius 1 is 0.833 bits per heavy atom. The third kappa shape index (κ3) is 7.28. The highest BCUT2D eigenvalue weighted by atomic mass is 16.5. The first-order valence-corrected chi connectivity index (χ1v) is 12.0. The summed E-state index contributed by atoms with van der Waals surface area (Å²) in [7, 11) is 0. The number of rotatable bonds is 12. The molecule has 1 aromatic heterocycles. The number of benzene rings is 3. The Bertz CT molecular complexity index is 1260. The number of para-hydroxylation sites is 1. The molecule has 36 heavy (non-hydrogen) atoms. The fourth-order valence-electron chi connectivity index (χ4n) is 3.72. The van der Waals surface area contributed by atoms with E-state index in [1.54, 1.807) is 18.2 Å². The van der Waals surface area contributed by atoms with E-state index in [4.69, 9.17) is 13.9 Å². The molecule has 0 saturated heterocycles. The molecule has 0 aliphatic carbocycles. The van der Waals surface area contributed by atoms with Gasteiger partial charge in [0.25, 0.3) is 5.91 Å². The summed E-state index contributed by atoms with van der Waals surface area (Å²) >= 11 is 0. The molecule has 0 aliphatic heterocycles. The number of ether oxygens (including phenoxy) is 2. The monoisotopic (exact) mass is 486 g/mol. The largest absolute Gasteiger partial charge is 0.451 e. The Kier molecular flexibility index (Phi) is 8.86. The lowest BCUT2D eigenvalue weighted by Crippen LogP contribution is -2.24. The number of carbonyl (C=O) groups is 2. The average molecular weight is 487 g/mol. The molecule has 4 rings (SSSR count). The third-order valence-electron chi connectivity index (χ3n) is 5.55. The van der Waals surface area contributed by atoms with E-state index in [-0.39, 0.29) is 24.0 Å². The summed E-state index contributed by atoms with van der Waals surface area (Å²) in [5.41, 5.74) is 4.22. The highest BCUT2D eigenvalue weighted by Crippen LogP contribution is 2.20. The molecule has 1 heterocycles. The van der Waals surface area contributed by atoms with Crippen LogP contribution in [0.15, 0.2) is 83.3 Å². The number of furan rings is 1. The smallest absolute Gasteiger partial charge is 0.291 e. The molecular formula is C29H30N2O5. The number of anilines is 1. The van der Waals surface area contributed by atoms with Crippen molar-refractivity contribution in [2.45, 2.75) is 26.5 Å². The molecule has 7 nitrogen and oxygen atoms in total. The van der Waals surface area contributed by atoms with Crippen molar-refractivity contribution in [2.75, 3.05) is 25.1 Å². The van der Waals surface area contributed by atoms with E-state index in [9.17, 15) is 9.59 Å². The van der Waals surface area contributed by atoms with Gasteiger partial charge in [0.1, 0.15) is 5.58 Å². The van der Waals surface area contributed by atoms with Crippen LogP contribution in [0.1, 0.15) is 34.2 Å².